The molecule has 0 aliphatic heterocycles. The van der Waals surface area contributed by atoms with Gasteiger partial charge in [-0.25, -0.2) is 0 Å². The molecule has 136 valence electrons. The SMILES string of the molecule is COc1cc(C(C)NC(=O)C2CCC(N)C2)ccc1OC(C)C.Cl. The van der Waals surface area contributed by atoms with Crippen molar-refractivity contribution >= 4 is 18.3 Å². The van der Waals surface area contributed by atoms with E-state index in [0.29, 0.717) is 11.5 Å². The van der Waals surface area contributed by atoms with Gasteiger partial charge in [0.15, 0.2) is 11.5 Å². The second-order valence-electron chi connectivity index (χ2n) is 6.58. The summed E-state index contributed by atoms with van der Waals surface area (Å²) < 4.78 is 11.1. The van der Waals surface area contributed by atoms with Crippen molar-refractivity contribution in [3.05, 3.63) is 23.8 Å². The molecule has 2 rings (SSSR count). The number of carbonyl (C=O) groups is 1. The van der Waals surface area contributed by atoms with Gasteiger partial charge >= 0.3 is 0 Å². The van der Waals surface area contributed by atoms with E-state index in [9.17, 15) is 4.79 Å². The van der Waals surface area contributed by atoms with Gasteiger partial charge in [0.1, 0.15) is 0 Å². The molecule has 3 atom stereocenters. The average molecular weight is 357 g/mol. The minimum Gasteiger partial charge on any atom is -0.493 e. The summed E-state index contributed by atoms with van der Waals surface area (Å²) in [4.78, 5) is 12.3. The number of benzene rings is 1. The molecule has 1 aliphatic carbocycles. The predicted molar refractivity (Wildman–Crippen MR) is 97.9 cm³/mol. The highest BCUT2D eigenvalue weighted by Gasteiger charge is 2.28. The Morgan fingerprint density at radius 1 is 1.25 bits per heavy atom. The molecule has 0 radical (unpaired) electrons. The van der Waals surface area contributed by atoms with Crippen LogP contribution in [0, 0.1) is 5.92 Å². The number of hydrogen-bond acceptors (Lipinski definition) is 4. The van der Waals surface area contributed by atoms with Crippen molar-refractivity contribution in [3.63, 3.8) is 0 Å². The topological polar surface area (TPSA) is 73.6 Å². The van der Waals surface area contributed by atoms with Crippen LogP contribution in [-0.2, 0) is 4.79 Å². The van der Waals surface area contributed by atoms with Crippen molar-refractivity contribution < 1.29 is 14.3 Å². The number of hydrogen-bond donors (Lipinski definition) is 2. The number of nitrogens with two attached hydrogens (primary N) is 1. The van der Waals surface area contributed by atoms with Gasteiger partial charge in [0.05, 0.1) is 19.3 Å². The Hall–Kier alpha value is -1.46. The number of amides is 1. The third-order valence-electron chi connectivity index (χ3n) is 4.25. The summed E-state index contributed by atoms with van der Waals surface area (Å²) in [5, 5.41) is 3.08. The first-order valence-corrected chi connectivity index (χ1v) is 8.31. The molecule has 0 saturated heterocycles. The van der Waals surface area contributed by atoms with E-state index < -0.39 is 0 Å². The summed E-state index contributed by atoms with van der Waals surface area (Å²) in [5.74, 6) is 1.52. The van der Waals surface area contributed by atoms with Crippen LogP contribution in [0.25, 0.3) is 0 Å². The standard InChI is InChI=1S/C18H28N2O3.ClH/c1-11(2)23-16-8-6-13(10-17(16)22-4)12(3)20-18(21)14-5-7-15(19)9-14;/h6,8,10-12,14-15H,5,7,9,19H2,1-4H3,(H,20,21);1H. The Kier molecular flexibility index (Phi) is 7.84. The Morgan fingerprint density at radius 2 is 1.96 bits per heavy atom. The van der Waals surface area contributed by atoms with Gasteiger partial charge in [0.25, 0.3) is 0 Å². The molecule has 0 heterocycles. The molecule has 24 heavy (non-hydrogen) atoms. The van der Waals surface area contributed by atoms with E-state index in [2.05, 4.69) is 5.32 Å². The van der Waals surface area contributed by atoms with Crippen LogP contribution in [0.5, 0.6) is 11.5 Å². The van der Waals surface area contributed by atoms with Gasteiger partial charge < -0.3 is 20.5 Å². The highest BCUT2D eigenvalue weighted by atomic mass is 35.5. The zero-order chi connectivity index (χ0) is 17.0. The van der Waals surface area contributed by atoms with Crippen molar-refractivity contribution in [1.82, 2.24) is 5.32 Å². The average Bonchev–Trinajstić information content (AvgIpc) is 2.93. The Bertz CT molecular complexity index is 551. The molecule has 1 amide bonds. The van der Waals surface area contributed by atoms with Crippen LogP contribution in [-0.4, -0.2) is 25.2 Å². The maximum atomic E-state index is 12.3. The highest BCUT2D eigenvalue weighted by Crippen LogP contribution is 2.31. The van der Waals surface area contributed by atoms with E-state index in [0.717, 1.165) is 24.8 Å². The molecule has 6 heteroatoms. The fraction of sp³-hybridized carbons (Fsp3) is 0.611. The second-order valence-corrected chi connectivity index (χ2v) is 6.58. The van der Waals surface area contributed by atoms with Crippen LogP contribution in [0.4, 0.5) is 0 Å². The first kappa shape index (κ1) is 20.6. The summed E-state index contributed by atoms with van der Waals surface area (Å²) in [6.45, 7) is 5.93. The van der Waals surface area contributed by atoms with Crippen molar-refractivity contribution in [2.75, 3.05) is 7.11 Å². The lowest BCUT2D eigenvalue weighted by Crippen LogP contribution is -2.32. The molecule has 5 nitrogen and oxygen atoms in total. The molecule has 1 aliphatic rings. The van der Waals surface area contributed by atoms with Crippen LogP contribution < -0.4 is 20.5 Å². The van der Waals surface area contributed by atoms with Crippen LogP contribution in [0.3, 0.4) is 0 Å². The fourth-order valence-corrected chi connectivity index (χ4v) is 2.97. The highest BCUT2D eigenvalue weighted by molar-refractivity contribution is 5.85. The zero-order valence-electron chi connectivity index (χ0n) is 14.9. The van der Waals surface area contributed by atoms with E-state index in [1.807, 2.05) is 39.0 Å². The predicted octanol–water partition coefficient (Wildman–Crippen LogP) is 3.21. The first-order chi connectivity index (χ1) is 10.9. The van der Waals surface area contributed by atoms with Crippen molar-refractivity contribution in [1.29, 1.82) is 0 Å². The third kappa shape index (κ3) is 5.28. The van der Waals surface area contributed by atoms with Crippen molar-refractivity contribution in [2.24, 2.45) is 11.7 Å². The van der Waals surface area contributed by atoms with E-state index >= 15 is 0 Å². The molecular formula is C18H29ClN2O3. The lowest BCUT2D eigenvalue weighted by molar-refractivity contribution is -0.125. The van der Waals surface area contributed by atoms with E-state index in [1.54, 1.807) is 7.11 Å². The minimum atomic E-state index is -0.0821. The molecule has 3 N–H and O–H groups in total. The second kappa shape index (κ2) is 9.14. The minimum absolute atomic E-state index is 0. The number of nitrogens with one attached hydrogen (secondary N) is 1. The van der Waals surface area contributed by atoms with Crippen molar-refractivity contribution in [3.8, 4) is 11.5 Å². The van der Waals surface area contributed by atoms with Crippen LogP contribution in [0.15, 0.2) is 18.2 Å². The monoisotopic (exact) mass is 356 g/mol. The number of methoxy groups -OCH3 is 1. The van der Waals surface area contributed by atoms with Gasteiger partial charge in [0.2, 0.25) is 5.91 Å². The third-order valence-corrected chi connectivity index (χ3v) is 4.25. The maximum absolute atomic E-state index is 12.3. The molecule has 0 aromatic heterocycles. The van der Waals surface area contributed by atoms with Gasteiger partial charge in [-0.1, -0.05) is 6.07 Å². The maximum Gasteiger partial charge on any atom is 0.223 e. The fourth-order valence-electron chi connectivity index (χ4n) is 2.97. The largest absolute Gasteiger partial charge is 0.493 e. The summed E-state index contributed by atoms with van der Waals surface area (Å²) in [6.07, 6.45) is 2.67. The van der Waals surface area contributed by atoms with Crippen LogP contribution in [0.2, 0.25) is 0 Å². The summed E-state index contributed by atoms with van der Waals surface area (Å²) >= 11 is 0. The Labute approximate surface area is 150 Å². The Balaban J connectivity index is 0.00000288. The summed E-state index contributed by atoms with van der Waals surface area (Å²) in [5.41, 5.74) is 6.88. The normalized spacial score (nSPS) is 21.1. The van der Waals surface area contributed by atoms with Crippen molar-refractivity contribution in [2.45, 2.75) is 58.2 Å². The van der Waals surface area contributed by atoms with E-state index in [-0.39, 0.29) is 42.4 Å². The molecule has 1 saturated carbocycles. The molecule has 1 aromatic carbocycles. The van der Waals surface area contributed by atoms with Gasteiger partial charge in [-0.3, -0.25) is 4.79 Å². The van der Waals surface area contributed by atoms with Crippen LogP contribution >= 0.6 is 12.4 Å². The van der Waals surface area contributed by atoms with Crippen LogP contribution in [0.1, 0.15) is 51.6 Å². The smallest absolute Gasteiger partial charge is 0.223 e. The molecular weight excluding hydrogens is 328 g/mol. The molecule has 0 spiro atoms. The number of halogens is 1. The number of ether oxygens (including phenoxy) is 2. The van der Waals surface area contributed by atoms with Gasteiger partial charge in [0, 0.05) is 12.0 Å². The zero-order valence-corrected chi connectivity index (χ0v) is 15.7. The molecule has 1 aromatic rings. The Morgan fingerprint density at radius 3 is 2.50 bits per heavy atom. The molecule has 3 unspecified atom stereocenters. The molecule has 0 bridgehead atoms. The lowest BCUT2D eigenvalue weighted by Gasteiger charge is -2.20. The number of rotatable bonds is 6. The van der Waals surface area contributed by atoms with Gasteiger partial charge in [-0.05, 0) is 57.7 Å². The summed E-state index contributed by atoms with van der Waals surface area (Å²) in [7, 11) is 1.62. The first-order valence-electron chi connectivity index (χ1n) is 8.31. The van der Waals surface area contributed by atoms with E-state index in [4.69, 9.17) is 15.2 Å². The number of carbonyl (C=O) groups excluding carboxylic acids is 1. The van der Waals surface area contributed by atoms with E-state index in [1.165, 1.54) is 0 Å². The molecule has 1 fully saturated rings. The van der Waals surface area contributed by atoms with Gasteiger partial charge in [-0.15, -0.1) is 12.4 Å². The van der Waals surface area contributed by atoms with Gasteiger partial charge in [-0.2, -0.15) is 0 Å². The lowest BCUT2D eigenvalue weighted by atomic mass is 10.0. The quantitative estimate of drug-likeness (QED) is 0.820. The summed E-state index contributed by atoms with van der Waals surface area (Å²) in [6, 6.07) is 5.85.